The van der Waals surface area contributed by atoms with E-state index in [-0.39, 0.29) is 25.7 Å². The SMILES string of the molecule is CCOc1ccccc1OCc1cc([N+](=O)[O-])cc2c1OCOC2. The number of hydrogen-bond acceptors (Lipinski definition) is 6. The summed E-state index contributed by atoms with van der Waals surface area (Å²) in [4.78, 5) is 10.7. The molecule has 1 heterocycles. The van der Waals surface area contributed by atoms with Gasteiger partial charge in [0.1, 0.15) is 12.4 Å². The molecule has 0 atom stereocenters. The minimum Gasteiger partial charge on any atom is -0.490 e. The second-order valence-electron chi connectivity index (χ2n) is 5.13. The smallest absolute Gasteiger partial charge is 0.270 e. The van der Waals surface area contributed by atoms with Crippen LogP contribution in [0.5, 0.6) is 17.2 Å². The number of nitrogens with zero attached hydrogens (tertiary/aromatic N) is 1. The van der Waals surface area contributed by atoms with Crippen LogP contribution in [0.15, 0.2) is 36.4 Å². The highest BCUT2D eigenvalue weighted by atomic mass is 16.7. The Kier molecular flexibility index (Phi) is 4.81. The molecule has 0 saturated heterocycles. The summed E-state index contributed by atoms with van der Waals surface area (Å²) >= 11 is 0. The van der Waals surface area contributed by atoms with Gasteiger partial charge in [-0.3, -0.25) is 10.1 Å². The monoisotopic (exact) mass is 331 g/mol. The lowest BCUT2D eigenvalue weighted by Gasteiger charge is -2.21. The van der Waals surface area contributed by atoms with E-state index in [4.69, 9.17) is 18.9 Å². The number of nitro benzene ring substituents is 1. The van der Waals surface area contributed by atoms with Crippen LogP contribution >= 0.6 is 0 Å². The molecule has 2 aromatic rings. The average Bonchev–Trinajstić information content (AvgIpc) is 2.60. The molecule has 3 rings (SSSR count). The lowest BCUT2D eigenvalue weighted by molar-refractivity contribution is -0.385. The summed E-state index contributed by atoms with van der Waals surface area (Å²) in [5.41, 5.74) is 1.24. The van der Waals surface area contributed by atoms with Crippen molar-refractivity contribution in [1.29, 1.82) is 0 Å². The molecule has 0 aliphatic carbocycles. The molecule has 0 unspecified atom stereocenters. The number of para-hydroxylation sites is 2. The second-order valence-corrected chi connectivity index (χ2v) is 5.13. The standard InChI is InChI=1S/C17H17NO6/c1-2-22-15-5-3-4-6-16(15)23-10-13-8-14(18(19)20)7-12-9-21-11-24-17(12)13/h3-8H,2,9-11H2,1H3. The van der Waals surface area contributed by atoms with Crippen molar-refractivity contribution >= 4 is 5.69 Å². The lowest BCUT2D eigenvalue weighted by atomic mass is 10.1. The first kappa shape index (κ1) is 16.1. The summed E-state index contributed by atoms with van der Waals surface area (Å²) in [5, 5.41) is 11.1. The van der Waals surface area contributed by atoms with Crippen LogP contribution in [-0.2, 0) is 18.0 Å². The molecule has 0 N–H and O–H groups in total. The molecule has 1 aliphatic heterocycles. The molecule has 0 spiro atoms. The summed E-state index contributed by atoms with van der Waals surface area (Å²) in [6.07, 6.45) is 0. The largest absolute Gasteiger partial charge is 0.490 e. The van der Waals surface area contributed by atoms with E-state index in [0.29, 0.717) is 35.0 Å². The predicted octanol–water partition coefficient (Wildman–Crippen LogP) is 3.44. The third-order valence-electron chi connectivity index (χ3n) is 3.51. The van der Waals surface area contributed by atoms with E-state index in [1.165, 1.54) is 12.1 Å². The molecule has 0 amide bonds. The van der Waals surface area contributed by atoms with Gasteiger partial charge in [-0.15, -0.1) is 0 Å². The number of nitro groups is 1. The van der Waals surface area contributed by atoms with Gasteiger partial charge in [0.05, 0.1) is 18.1 Å². The maximum atomic E-state index is 11.1. The molecule has 7 heteroatoms. The van der Waals surface area contributed by atoms with Crippen molar-refractivity contribution in [2.45, 2.75) is 20.1 Å². The number of fused-ring (bicyclic) bond motifs is 1. The number of ether oxygens (including phenoxy) is 4. The van der Waals surface area contributed by atoms with E-state index in [2.05, 4.69) is 0 Å². The van der Waals surface area contributed by atoms with Crippen molar-refractivity contribution in [2.24, 2.45) is 0 Å². The minimum absolute atomic E-state index is 0.0143. The van der Waals surface area contributed by atoms with E-state index < -0.39 is 4.92 Å². The fourth-order valence-electron chi connectivity index (χ4n) is 2.49. The van der Waals surface area contributed by atoms with Gasteiger partial charge in [-0.2, -0.15) is 0 Å². The fourth-order valence-corrected chi connectivity index (χ4v) is 2.49. The summed E-state index contributed by atoms with van der Waals surface area (Å²) < 4.78 is 22.0. The van der Waals surface area contributed by atoms with Gasteiger partial charge >= 0.3 is 0 Å². The summed E-state index contributed by atoms with van der Waals surface area (Å²) in [5.74, 6) is 1.79. The topological polar surface area (TPSA) is 80.1 Å². The van der Waals surface area contributed by atoms with Crippen LogP contribution in [0.2, 0.25) is 0 Å². The number of benzene rings is 2. The predicted molar refractivity (Wildman–Crippen MR) is 85.3 cm³/mol. The molecule has 0 aromatic heterocycles. The van der Waals surface area contributed by atoms with Crippen LogP contribution in [0.4, 0.5) is 5.69 Å². The van der Waals surface area contributed by atoms with Gasteiger partial charge in [-0.1, -0.05) is 12.1 Å². The third-order valence-corrected chi connectivity index (χ3v) is 3.51. The quantitative estimate of drug-likeness (QED) is 0.596. The molecule has 1 aliphatic rings. The highest BCUT2D eigenvalue weighted by Crippen LogP contribution is 2.34. The van der Waals surface area contributed by atoms with Crippen LogP contribution in [0.3, 0.4) is 0 Å². The molecular weight excluding hydrogens is 314 g/mol. The van der Waals surface area contributed by atoms with Gasteiger partial charge in [0.25, 0.3) is 5.69 Å². The number of rotatable bonds is 6. The van der Waals surface area contributed by atoms with E-state index in [9.17, 15) is 10.1 Å². The summed E-state index contributed by atoms with van der Waals surface area (Å²) in [7, 11) is 0. The molecule has 2 aromatic carbocycles. The maximum absolute atomic E-state index is 11.1. The lowest BCUT2D eigenvalue weighted by Crippen LogP contribution is -2.14. The molecule has 7 nitrogen and oxygen atoms in total. The van der Waals surface area contributed by atoms with Gasteiger partial charge in [0.15, 0.2) is 18.3 Å². The summed E-state index contributed by atoms with van der Waals surface area (Å²) in [6, 6.07) is 10.2. The zero-order valence-corrected chi connectivity index (χ0v) is 13.2. The Bertz CT molecular complexity index is 746. The Morgan fingerprint density at radius 1 is 1.21 bits per heavy atom. The van der Waals surface area contributed by atoms with E-state index in [1.54, 1.807) is 6.07 Å². The Balaban J connectivity index is 1.87. The highest BCUT2D eigenvalue weighted by molar-refractivity contribution is 5.50. The van der Waals surface area contributed by atoms with Gasteiger partial charge in [-0.05, 0) is 19.1 Å². The van der Waals surface area contributed by atoms with Gasteiger partial charge < -0.3 is 18.9 Å². The molecule has 24 heavy (non-hydrogen) atoms. The first-order valence-corrected chi connectivity index (χ1v) is 7.54. The minimum atomic E-state index is -0.438. The van der Waals surface area contributed by atoms with Crippen LogP contribution in [0, 0.1) is 10.1 Å². The van der Waals surface area contributed by atoms with E-state index in [1.807, 2.05) is 25.1 Å². The van der Waals surface area contributed by atoms with Crippen LogP contribution in [-0.4, -0.2) is 18.3 Å². The molecule has 0 fully saturated rings. The van der Waals surface area contributed by atoms with Crippen LogP contribution < -0.4 is 14.2 Å². The number of hydrogen-bond donors (Lipinski definition) is 0. The van der Waals surface area contributed by atoms with Crippen molar-refractivity contribution in [3.63, 3.8) is 0 Å². The molecular formula is C17H17NO6. The Labute approximate surface area is 138 Å². The van der Waals surface area contributed by atoms with Crippen molar-refractivity contribution in [3.8, 4) is 17.2 Å². The van der Waals surface area contributed by atoms with Gasteiger partial charge in [0, 0.05) is 23.3 Å². The fraction of sp³-hybridized carbons (Fsp3) is 0.294. The zero-order chi connectivity index (χ0) is 16.9. The Morgan fingerprint density at radius 2 is 1.96 bits per heavy atom. The van der Waals surface area contributed by atoms with Crippen molar-refractivity contribution < 1.29 is 23.9 Å². The van der Waals surface area contributed by atoms with Crippen molar-refractivity contribution in [2.75, 3.05) is 13.4 Å². The summed E-state index contributed by atoms with van der Waals surface area (Å²) in [6.45, 7) is 2.94. The zero-order valence-electron chi connectivity index (χ0n) is 13.2. The molecule has 0 radical (unpaired) electrons. The first-order chi connectivity index (χ1) is 11.7. The highest BCUT2D eigenvalue weighted by Gasteiger charge is 2.21. The number of non-ortho nitro benzene ring substituents is 1. The maximum Gasteiger partial charge on any atom is 0.270 e. The van der Waals surface area contributed by atoms with Gasteiger partial charge in [-0.25, -0.2) is 0 Å². The Hall–Kier alpha value is -2.80. The Morgan fingerprint density at radius 3 is 2.67 bits per heavy atom. The average molecular weight is 331 g/mol. The van der Waals surface area contributed by atoms with E-state index in [0.717, 1.165) is 0 Å². The molecule has 126 valence electrons. The van der Waals surface area contributed by atoms with E-state index >= 15 is 0 Å². The van der Waals surface area contributed by atoms with Crippen LogP contribution in [0.25, 0.3) is 0 Å². The molecule has 0 bridgehead atoms. The second kappa shape index (κ2) is 7.18. The molecule has 0 saturated carbocycles. The van der Waals surface area contributed by atoms with Crippen molar-refractivity contribution in [1.82, 2.24) is 0 Å². The van der Waals surface area contributed by atoms with Gasteiger partial charge in [0.2, 0.25) is 0 Å². The first-order valence-electron chi connectivity index (χ1n) is 7.54. The normalized spacial score (nSPS) is 12.9. The third kappa shape index (κ3) is 3.41. The van der Waals surface area contributed by atoms with Crippen molar-refractivity contribution in [3.05, 3.63) is 57.6 Å². The van der Waals surface area contributed by atoms with Crippen LogP contribution in [0.1, 0.15) is 18.1 Å².